The minimum atomic E-state index is -1.30. The Labute approximate surface area is 292 Å². The Morgan fingerprint density at radius 1 is 0.830 bits per heavy atom. The van der Waals surface area contributed by atoms with E-state index in [0.29, 0.717) is 79.2 Å². The zero-order valence-corrected chi connectivity index (χ0v) is 28.1. The van der Waals surface area contributed by atoms with E-state index in [0.717, 1.165) is 6.07 Å². The number of ether oxygens (including phenoxy) is 3. The third kappa shape index (κ3) is 8.97. The first-order chi connectivity index (χ1) is 22.2. The van der Waals surface area contributed by atoms with Crippen LogP contribution in [0.3, 0.4) is 0 Å². The number of carbonyl (C=O) groups excluding carboxylic acids is 3. The fraction of sp³-hybridized carbons (Fsp3) is 0.294. The number of fused-ring (bicyclic) bond motifs is 1. The van der Waals surface area contributed by atoms with Crippen LogP contribution in [-0.2, 0) is 14.4 Å². The number of carboxylic acid groups (broad SMARTS) is 1. The summed E-state index contributed by atoms with van der Waals surface area (Å²) < 4.78 is 46.0. The molecule has 0 unspecified atom stereocenters. The molecule has 0 bridgehead atoms. The van der Waals surface area contributed by atoms with Crippen molar-refractivity contribution in [3.63, 3.8) is 0 Å². The molecule has 1 heterocycles. The molecule has 1 saturated carbocycles. The predicted octanol–water partition coefficient (Wildman–Crippen LogP) is 2.75. The Balaban J connectivity index is 0.00000500. The molecule has 10 nitrogen and oxygen atoms in total. The Hall–Kier alpha value is -4.26. The van der Waals surface area contributed by atoms with Crippen LogP contribution < -0.4 is 59.5 Å². The Kier molecular flexibility index (Phi) is 12.1. The maximum absolute atomic E-state index is 15.2. The van der Waals surface area contributed by atoms with Crippen molar-refractivity contribution in [1.82, 2.24) is 4.98 Å². The van der Waals surface area contributed by atoms with Crippen LogP contribution in [0.15, 0.2) is 66.9 Å². The summed E-state index contributed by atoms with van der Waals surface area (Å²) in [6, 6.07) is 14.1. The minimum absolute atomic E-state index is 0. The van der Waals surface area contributed by atoms with Crippen LogP contribution in [0.25, 0.3) is 10.9 Å². The van der Waals surface area contributed by atoms with Crippen molar-refractivity contribution in [1.29, 1.82) is 0 Å². The van der Waals surface area contributed by atoms with Crippen molar-refractivity contribution >= 4 is 40.1 Å². The van der Waals surface area contributed by atoms with Gasteiger partial charge < -0.3 is 34.7 Å². The van der Waals surface area contributed by atoms with Crippen LogP contribution >= 0.6 is 0 Å². The predicted molar refractivity (Wildman–Crippen MR) is 164 cm³/mol. The van der Waals surface area contributed by atoms with Crippen LogP contribution in [0.5, 0.6) is 23.0 Å². The maximum Gasteiger partial charge on any atom is 1.00 e. The fourth-order valence-electron chi connectivity index (χ4n) is 4.83. The molecule has 5 rings (SSSR count). The summed E-state index contributed by atoms with van der Waals surface area (Å²) >= 11 is 0. The number of nitrogens with zero attached hydrogens (tertiary/aromatic N) is 1. The largest absolute Gasteiger partial charge is 1.00 e. The molecule has 2 amide bonds. The summed E-state index contributed by atoms with van der Waals surface area (Å²) in [7, 11) is 0. The van der Waals surface area contributed by atoms with Gasteiger partial charge in [-0.2, -0.15) is 0 Å². The second kappa shape index (κ2) is 16.0. The van der Waals surface area contributed by atoms with Gasteiger partial charge in [-0.1, -0.05) is 0 Å². The molecule has 1 aliphatic rings. The molecule has 0 radical (unpaired) electrons. The van der Waals surface area contributed by atoms with E-state index in [-0.39, 0.29) is 47.4 Å². The van der Waals surface area contributed by atoms with Gasteiger partial charge >= 0.3 is 29.6 Å². The Bertz CT molecular complexity index is 1750. The van der Waals surface area contributed by atoms with E-state index in [1.54, 1.807) is 18.2 Å². The summed E-state index contributed by atoms with van der Waals surface area (Å²) in [6.07, 6.45) is 3.99. The molecule has 3 aromatic carbocycles. The van der Waals surface area contributed by atoms with E-state index >= 15 is 4.39 Å². The van der Waals surface area contributed by atoms with Crippen molar-refractivity contribution in [2.75, 3.05) is 23.8 Å². The van der Waals surface area contributed by atoms with Crippen LogP contribution in [0.2, 0.25) is 0 Å². The molecule has 1 fully saturated rings. The standard InChI is InChI=1S/C34H33F2N3O7.Na/c1-2-44-29-19-24-26(20-30(29)45-17-5-3-4-6-31(40)41)37-16-13-27(24)46-28-12-11-23(18-25(28)36)39-33(43)34(14-15-34)32(42)38-22-9-7-21(35)8-10-22;/h7-13,16,18-20H,2-6,14-15,17H2,1H3,(H,38,42)(H,39,43)(H,40,41);/q;+1/p-1. The average molecular weight is 656 g/mol. The van der Waals surface area contributed by atoms with E-state index < -0.39 is 34.8 Å². The average Bonchev–Trinajstić information content (AvgIpc) is 3.84. The third-order valence-corrected chi connectivity index (χ3v) is 7.48. The van der Waals surface area contributed by atoms with Gasteiger partial charge in [-0.25, -0.2) is 8.78 Å². The van der Waals surface area contributed by atoms with E-state index in [9.17, 15) is 23.9 Å². The maximum atomic E-state index is 15.2. The quantitative estimate of drug-likeness (QED) is 0.113. The Morgan fingerprint density at radius 2 is 1.51 bits per heavy atom. The number of nitrogens with one attached hydrogen (secondary N) is 2. The van der Waals surface area contributed by atoms with Gasteiger partial charge in [-0.05, 0) is 94.0 Å². The second-order valence-corrected chi connectivity index (χ2v) is 10.8. The number of rotatable bonds is 15. The molecule has 1 aromatic heterocycles. The van der Waals surface area contributed by atoms with Crippen molar-refractivity contribution in [2.24, 2.45) is 5.41 Å². The van der Waals surface area contributed by atoms with Gasteiger partial charge in [0.25, 0.3) is 0 Å². The van der Waals surface area contributed by atoms with Gasteiger partial charge in [-0.3, -0.25) is 14.6 Å². The first-order valence-electron chi connectivity index (χ1n) is 14.9. The van der Waals surface area contributed by atoms with E-state index in [1.165, 1.54) is 42.6 Å². The van der Waals surface area contributed by atoms with Gasteiger partial charge in [0.05, 0.1) is 18.7 Å². The number of carboxylic acids is 1. The number of benzene rings is 3. The van der Waals surface area contributed by atoms with Gasteiger partial charge in [0.2, 0.25) is 11.8 Å². The van der Waals surface area contributed by atoms with E-state index in [2.05, 4.69) is 15.6 Å². The smallest absolute Gasteiger partial charge is 0.550 e. The van der Waals surface area contributed by atoms with E-state index in [4.69, 9.17) is 14.2 Å². The summed E-state index contributed by atoms with van der Waals surface area (Å²) in [5, 5.41) is 16.4. The molecular formula is C34H32F2N3NaO7. The SMILES string of the molecule is CCOc1cc2c(Oc3ccc(NC(=O)C4(C(=O)Nc5ccc(F)cc5)CC4)cc3F)ccnc2cc1OCCCCCC(=O)[O-].[Na+]. The summed E-state index contributed by atoms with van der Waals surface area (Å²) in [4.78, 5) is 40.8. The molecule has 0 aliphatic heterocycles. The first kappa shape index (κ1) is 35.6. The van der Waals surface area contributed by atoms with Crippen LogP contribution in [-0.4, -0.2) is 36.0 Å². The summed E-state index contributed by atoms with van der Waals surface area (Å²) in [5.41, 5.74) is -0.266. The number of anilines is 2. The molecule has 2 N–H and O–H groups in total. The van der Waals surface area contributed by atoms with E-state index in [1.807, 2.05) is 6.92 Å². The molecule has 13 heteroatoms. The van der Waals surface area contributed by atoms with Crippen LogP contribution in [0, 0.1) is 17.0 Å². The molecule has 4 aromatic rings. The molecular weight excluding hydrogens is 623 g/mol. The van der Waals surface area contributed by atoms with Gasteiger partial charge in [0.15, 0.2) is 23.1 Å². The van der Waals surface area contributed by atoms with Crippen molar-refractivity contribution < 1.29 is 72.0 Å². The second-order valence-electron chi connectivity index (χ2n) is 10.8. The normalized spacial score (nSPS) is 12.8. The number of amides is 2. The van der Waals surface area contributed by atoms with Crippen molar-refractivity contribution in [2.45, 2.75) is 45.4 Å². The zero-order valence-electron chi connectivity index (χ0n) is 26.1. The van der Waals surface area contributed by atoms with Crippen molar-refractivity contribution in [3.8, 4) is 23.0 Å². The van der Waals surface area contributed by atoms with Gasteiger partial charge in [-0.15, -0.1) is 0 Å². The number of halogens is 2. The fourth-order valence-corrected chi connectivity index (χ4v) is 4.83. The molecule has 1 aliphatic carbocycles. The molecule has 0 spiro atoms. The molecule has 0 saturated heterocycles. The molecule has 47 heavy (non-hydrogen) atoms. The zero-order chi connectivity index (χ0) is 32.7. The van der Waals surface area contributed by atoms with Crippen molar-refractivity contribution in [3.05, 3.63) is 78.5 Å². The number of aliphatic carboxylic acids is 1. The number of aromatic nitrogens is 1. The molecule has 240 valence electrons. The summed E-state index contributed by atoms with van der Waals surface area (Å²) in [5.74, 6) is -2.24. The third-order valence-electron chi connectivity index (χ3n) is 7.48. The van der Waals surface area contributed by atoms with Gasteiger partial charge in [0, 0.05) is 41.1 Å². The van der Waals surface area contributed by atoms with Crippen LogP contribution in [0.4, 0.5) is 20.2 Å². The van der Waals surface area contributed by atoms with Crippen LogP contribution in [0.1, 0.15) is 45.4 Å². The minimum Gasteiger partial charge on any atom is -0.550 e. The molecule has 0 atom stereocenters. The topological polar surface area (TPSA) is 139 Å². The first-order valence-corrected chi connectivity index (χ1v) is 14.9. The number of pyridine rings is 1. The number of unbranched alkanes of at least 4 members (excludes halogenated alkanes) is 2. The Morgan fingerprint density at radius 3 is 2.17 bits per heavy atom. The van der Waals surface area contributed by atoms with Gasteiger partial charge in [0.1, 0.15) is 17.0 Å². The number of hydrogen-bond donors (Lipinski definition) is 2. The monoisotopic (exact) mass is 655 g/mol. The number of hydrogen-bond acceptors (Lipinski definition) is 8. The summed E-state index contributed by atoms with van der Waals surface area (Å²) in [6.45, 7) is 2.54. The number of carbonyl (C=O) groups is 3.